The number of benzene rings is 1. The summed E-state index contributed by atoms with van der Waals surface area (Å²) in [6.07, 6.45) is 7.27. The molecule has 5 rings (SSSR count). The van der Waals surface area contributed by atoms with Crippen molar-refractivity contribution < 1.29 is 5.11 Å². The van der Waals surface area contributed by atoms with E-state index >= 15 is 0 Å². The Morgan fingerprint density at radius 1 is 1.12 bits per heavy atom. The number of aliphatic hydroxyl groups excluding tert-OH is 1. The molecule has 0 amide bonds. The van der Waals surface area contributed by atoms with E-state index in [0.717, 1.165) is 35.4 Å². The Hall–Kier alpha value is -2.53. The summed E-state index contributed by atoms with van der Waals surface area (Å²) in [5.41, 5.74) is 2.15. The summed E-state index contributed by atoms with van der Waals surface area (Å²) in [7, 11) is 0. The van der Waals surface area contributed by atoms with Gasteiger partial charge in [-0.05, 0) is 42.5 Å². The number of pyridine rings is 1. The molecule has 2 aliphatic rings. The van der Waals surface area contributed by atoms with E-state index < -0.39 is 0 Å². The monoisotopic (exact) mass is 346 g/mol. The number of fused-ring (bicyclic) bond motifs is 1. The van der Waals surface area contributed by atoms with Gasteiger partial charge in [0.05, 0.1) is 5.52 Å². The van der Waals surface area contributed by atoms with Crippen molar-refractivity contribution in [1.29, 1.82) is 0 Å². The van der Waals surface area contributed by atoms with E-state index in [0.29, 0.717) is 11.7 Å². The Bertz CT molecular complexity index is 939. The highest BCUT2D eigenvalue weighted by molar-refractivity contribution is 5.91. The zero-order valence-corrected chi connectivity index (χ0v) is 14.7. The van der Waals surface area contributed by atoms with Crippen LogP contribution in [0.2, 0.25) is 0 Å². The molecule has 132 valence electrons. The first kappa shape index (κ1) is 15.7. The average molecular weight is 346 g/mol. The van der Waals surface area contributed by atoms with Crippen molar-refractivity contribution in [2.75, 3.05) is 24.6 Å². The summed E-state index contributed by atoms with van der Waals surface area (Å²) in [5, 5.41) is 11.0. The zero-order chi connectivity index (χ0) is 17.6. The average Bonchev–Trinajstić information content (AvgIpc) is 3.08. The molecule has 1 aliphatic carbocycles. The number of para-hydroxylation sites is 1. The third-order valence-electron chi connectivity index (χ3n) is 6.18. The van der Waals surface area contributed by atoms with Gasteiger partial charge < -0.3 is 10.0 Å². The third kappa shape index (κ3) is 2.38. The van der Waals surface area contributed by atoms with Crippen LogP contribution in [0.1, 0.15) is 19.3 Å². The molecule has 0 bridgehead atoms. The summed E-state index contributed by atoms with van der Waals surface area (Å²) in [4.78, 5) is 16.3. The van der Waals surface area contributed by atoms with Crippen LogP contribution in [0, 0.1) is 11.3 Å². The maximum absolute atomic E-state index is 9.91. The summed E-state index contributed by atoms with van der Waals surface area (Å²) in [6, 6.07) is 12.1. The number of rotatable bonds is 3. The zero-order valence-electron chi connectivity index (χ0n) is 14.7. The first-order valence-corrected chi connectivity index (χ1v) is 9.32. The molecule has 1 saturated carbocycles. The van der Waals surface area contributed by atoms with Crippen LogP contribution in [-0.2, 0) is 0 Å². The van der Waals surface area contributed by atoms with Gasteiger partial charge in [0.1, 0.15) is 5.82 Å². The van der Waals surface area contributed by atoms with Gasteiger partial charge in [-0.15, -0.1) is 0 Å². The van der Waals surface area contributed by atoms with Crippen LogP contribution < -0.4 is 4.90 Å². The minimum atomic E-state index is 0.259. The lowest BCUT2D eigenvalue weighted by Gasteiger charge is -2.42. The van der Waals surface area contributed by atoms with Gasteiger partial charge in [-0.1, -0.05) is 18.6 Å². The molecule has 1 aromatic carbocycles. The normalized spacial score (nSPS) is 21.3. The van der Waals surface area contributed by atoms with Gasteiger partial charge in [0.25, 0.3) is 0 Å². The second-order valence-electron chi connectivity index (χ2n) is 7.61. The van der Waals surface area contributed by atoms with Crippen LogP contribution in [0.25, 0.3) is 22.3 Å². The first-order valence-electron chi connectivity index (χ1n) is 9.32. The molecule has 2 aromatic heterocycles. The molecule has 0 radical (unpaired) electrons. The van der Waals surface area contributed by atoms with Gasteiger partial charge >= 0.3 is 0 Å². The maximum Gasteiger partial charge on any atom is 0.163 e. The molecule has 1 N–H and O–H groups in total. The largest absolute Gasteiger partial charge is 0.396 e. The molecule has 1 atom stereocenters. The highest BCUT2D eigenvalue weighted by Gasteiger charge is 2.50. The molecule has 5 nitrogen and oxygen atoms in total. The van der Waals surface area contributed by atoms with E-state index in [1.165, 1.54) is 19.3 Å². The van der Waals surface area contributed by atoms with E-state index in [1.54, 1.807) is 6.20 Å². The highest BCUT2D eigenvalue weighted by atomic mass is 16.3. The number of hydrogen-bond acceptors (Lipinski definition) is 5. The Morgan fingerprint density at radius 3 is 2.69 bits per heavy atom. The van der Waals surface area contributed by atoms with Crippen molar-refractivity contribution >= 4 is 16.7 Å². The van der Waals surface area contributed by atoms with E-state index in [9.17, 15) is 5.11 Å². The summed E-state index contributed by atoms with van der Waals surface area (Å²) < 4.78 is 0. The number of hydrogen-bond donors (Lipinski definition) is 1. The molecule has 3 aromatic rings. The van der Waals surface area contributed by atoms with Crippen molar-refractivity contribution in [3.63, 3.8) is 0 Å². The summed E-state index contributed by atoms with van der Waals surface area (Å²) in [6.45, 7) is 2.10. The minimum Gasteiger partial charge on any atom is -0.396 e. The quantitative estimate of drug-likeness (QED) is 0.788. The molecular weight excluding hydrogens is 324 g/mol. The lowest BCUT2D eigenvalue weighted by molar-refractivity contribution is 0.0571. The van der Waals surface area contributed by atoms with Crippen LogP contribution in [0.5, 0.6) is 0 Å². The fourth-order valence-electron chi connectivity index (χ4n) is 4.57. The van der Waals surface area contributed by atoms with Crippen molar-refractivity contribution in [2.24, 2.45) is 11.3 Å². The van der Waals surface area contributed by atoms with Gasteiger partial charge in [-0.25, -0.2) is 9.97 Å². The van der Waals surface area contributed by atoms with Gasteiger partial charge in [-0.2, -0.15) is 0 Å². The SMILES string of the molecule is OCC1CN(c2nc(-c3cccnc3)nc3ccccc23)CC12CCC2. The van der Waals surface area contributed by atoms with Crippen molar-refractivity contribution in [1.82, 2.24) is 15.0 Å². The standard InChI is InChI=1S/C21H22N4O/c26-13-16-12-25(14-21(16)8-4-9-21)20-17-6-1-2-7-18(17)23-19(24-20)15-5-3-10-22-11-15/h1-3,5-7,10-11,16,26H,4,8-9,12-14H2. The van der Waals surface area contributed by atoms with E-state index in [2.05, 4.69) is 16.0 Å². The van der Waals surface area contributed by atoms with Gasteiger partial charge in [0.15, 0.2) is 5.82 Å². The van der Waals surface area contributed by atoms with Crippen molar-refractivity contribution in [2.45, 2.75) is 19.3 Å². The molecule has 1 spiro atoms. The van der Waals surface area contributed by atoms with Gasteiger partial charge in [0, 0.05) is 49.0 Å². The molecular formula is C21H22N4O. The van der Waals surface area contributed by atoms with Crippen LogP contribution >= 0.6 is 0 Å². The molecule has 26 heavy (non-hydrogen) atoms. The van der Waals surface area contributed by atoms with E-state index in [4.69, 9.17) is 9.97 Å². The fourth-order valence-corrected chi connectivity index (χ4v) is 4.57. The smallest absolute Gasteiger partial charge is 0.163 e. The second-order valence-corrected chi connectivity index (χ2v) is 7.61. The second kappa shape index (κ2) is 6.02. The Labute approximate surface area is 152 Å². The lowest BCUT2D eigenvalue weighted by atomic mass is 9.63. The molecule has 1 unspecified atom stereocenters. The fraction of sp³-hybridized carbons (Fsp3) is 0.381. The Balaban J connectivity index is 1.63. The number of anilines is 1. The number of aliphatic hydroxyl groups is 1. The molecule has 1 aliphatic heterocycles. The van der Waals surface area contributed by atoms with E-state index in [1.807, 2.05) is 36.5 Å². The Kier molecular flexibility index (Phi) is 3.64. The molecule has 3 heterocycles. The van der Waals surface area contributed by atoms with E-state index in [-0.39, 0.29) is 12.0 Å². The van der Waals surface area contributed by atoms with Crippen LogP contribution in [0.3, 0.4) is 0 Å². The van der Waals surface area contributed by atoms with Crippen LogP contribution in [0.15, 0.2) is 48.8 Å². The van der Waals surface area contributed by atoms with Crippen molar-refractivity contribution in [3.8, 4) is 11.4 Å². The lowest BCUT2D eigenvalue weighted by Crippen LogP contribution is -2.39. The third-order valence-corrected chi connectivity index (χ3v) is 6.18. The van der Waals surface area contributed by atoms with Gasteiger partial charge in [0.2, 0.25) is 0 Å². The summed E-state index contributed by atoms with van der Waals surface area (Å²) >= 11 is 0. The first-order chi connectivity index (χ1) is 12.8. The topological polar surface area (TPSA) is 62.1 Å². The molecule has 1 saturated heterocycles. The molecule has 5 heteroatoms. The summed E-state index contributed by atoms with van der Waals surface area (Å²) in [5.74, 6) is 2.03. The predicted molar refractivity (Wildman–Crippen MR) is 102 cm³/mol. The van der Waals surface area contributed by atoms with Gasteiger partial charge in [-0.3, -0.25) is 4.98 Å². The predicted octanol–water partition coefficient (Wildman–Crippen LogP) is 3.29. The van der Waals surface area contributed by atoms with Crippen LogP contribution in [-0.4, -0.2) is 39.8 Å². The highest BCUT2D eigenvalue weighted by Crippen LogP contribution is 2.52. The number of nitrogens with zero attached hydrogens (tertiary/aromatic N) is 4. The van der Waals surface area contributed by atoms with Crippen LogP contribution in [0.4, 0.5) is 5.82 Å². The maximum atomic E-state index is 9.91. The molecule has 2 fully saturated rings. The Morgan fingerprint density at radius 2 is 2.00 bits per heavy atom. The number of aromatic nitrogens is 3. The minimum absolute atomic E-state index is 0.259. The van der Waals surface area contributed by atoms with Crippen molar-refractivity contribution in [3.05, 3.63) is 48.8 Å².